The lowest BCUT2D eigenvalue weighted by Gasteiger charge is -2.46. The molecule has 1 spiro atoms. The summed E-state index contributed by atoms with van der Waals surface area (Å²) in [5, 5.41) is 0. The average molecular weight is 324 g/mol. The molecule has 0 radical (unpaired) electrons. The van der Waals surface area contributed by atoms with E-state index in [2.05, 4.69) is 17.6 Å². The highest BCUT2D eigenvalue weighted by Gasteiger charge is 2.71. The molecule has 124 valence electrons. The van der Waals surface area contributed by atoms with Crippen LogP contribution < -0.4 is 0 Å². The van der Waals surface area contributed by atoms with Gasteiger partial charge in [-0.25, -0.2) is 4.98 Å². The van der Waals surface area contributed by atoms with Gasteiger partial charge in [0.25, 0.3) is 0 Å². The number of imidazole rings is 1. The predicted molar refractivity (Wildman–Crippen MR) is 86.2 cm³/mol. The molecule has 1 saturated heterocycles. The van der Waals surface area contributed by atoms with Crippen LogP contribution in [0.3, 0.4) is 0 Å². The van der Waals surface area contributed by atoms with Crippen molar-refractivity contribution in [2.75, 3.05) is 0 Å². The molecule has 1 aromatic heterocycles. The second-order valence-electron chi connectivity index (χ2n) is 7.91. The second kappa shape index (κ2) is 4.20. The van der Waals surface area contributed by atoms with Crippen molar-refractivity contribution in [1.82, 2.24) is 9.55 Å². The second-order valence-corrected chi connectivity index (χ2v) is 7.91. The Morgan fingerprint density at radius 2 is 2.17 bits per heavy atom. The van der Waals surface area contributed by atoms with Gasteiger partial charge in [-0.05, 0) is 43.2 Å². The van der Waals surface area contributed by atoms with E-state index in [0.29, 0.717) is 18.4 Å². The quantitative estimate of drug-likeness (QED) is 0.699. The number of nitrogens with zero attached hydrogens (tertiary/aromatic N) is 2. The average Bonchev–Trinajstić information content (AvgIpc) is 3.16. The van der Waals surface area contributed by atoms with Crippen molar-refractivity contribution in [3.05, 3.63) is 30.1 Å². The lowest BCUT2D eigenvalue weighted by atomic mass is 9.64. The minimum Gasteiger partial charge on any atom is -0.459 e. The molecule has 5 heteroatoms. The van der Waals surface area contributed by atoms with E-state index in [9.17, 15) is 4.79 Å². The lowest BCUT2D eigenvalue weighted by molar-refractivity contribution is -0.154. The molecule has 2 aliphatic carbocycles. The molecule has 24 heavy (non-hydrogen) atoms. The third-order valence-corrected chi connectivity index (χ3v) is 6.92. The van der Waals surface area contributed by atoms with Gasteiger partial charge in [-0.3, -0.25) is 4.79 Å². The molecule has 6 rings (SSSR count). The molecule has 4 aliphatic rings. The Morgan fingerprint density at radius 3 is 3.08 bits per heavy atom. The number of aromatic nitrogens is 2. The van der Waals surface area contributed by atoms with Gasteiger partial charge in [-0.15, -0.1) is 0 Å². The van der Waals surface area contributed by atoms with Gasteiger partial charge in [0.1, 0.15) is 30.1 Å². The third-order valence-electron chi connectivity index (χ3n) is 6.92. The Hall–Kier alpha value is -1.88. The molecule has 2 bridgehead atoms. The van der Waals surface area contributed by atoms with Crippen molar-refractivity contribution >= 4 is 17.0 Å². The maximum Gasteiger partial charge on any atom is 0.314 e. The Kier molecular flexibility index (Phi) is 2.35. The van der Waals surface area contributed by atoms with E-state index >= 15 is 0 Å². The van der Waals surface area contributed by atoms with Gasteiger partial charge in [0.05, 0.1) is 17.1 Å². The van der Waals surface area contributed by atoms with Gasteiger partial charge in [0.2, 0.25) is 0 Å². The molecule has 3 heterocycles. The summed E-state index contributed by atoms with van der Waals surface area (Å²) in [5.74, 6) is 1.54. The minimum absolute atomic E-state index is 0.0631. The first-order chi connectivity index (χ1) is 11.7. The van der Waals surface area contributed by atoms with Crippen molar-refractivity contribution in [3.63, 3.8) is 0 Å². The first-order valence-corrected chi connectivity index (χ1v) is 9.00. The molecule has 2 saturated carbocycles. The Bertz CT molecular complexity index is 875. The molecule has 2 aliphatic heterocycles. The van der Waals surface area contributed by atoms with Crippen LogP contribution >= 0.6 is 0 Å². The standard InChI is InChI=1S/C19H20N2O3/c1-10-8-11-6-7-14-19(11)16(18(22)24-14)17(10)21-13-5-3-2-4-12(13)20-15(21)9-23-19/h2-5,10-11,14,16-17H,6-9H2,1H3/t10-,11?,14+,16?,17?,19+/m0/s1. The summed E-state index contributed by atoms with van der Waals surface area (Å²) in [7, 11) is 0. The van der Waals surface area contributed by atoms with Gasteiger partial charge in [-0.1, -0.05) is 19.1 Å². The summed E-state index contributed by atoms with van der Waals surface area (Å²) in [6.45, 7) is 2.75. The van der Waals surface area contributed by atoms with E-state index in [0.717, 1.165) is 36.1 Å². The highest BCUT2D eigenvalue weighted by molar-refractivity contribution is 5.81. The molecular weight excluding hydrogens is 304 g/mol. The van der Waals surface area contributed by atoms with Crippen LogP contribution in [0.4, 0.5) is 0 Å². The summed E-state index contributed by atoms with van der Waals surface area (Å²) in [6.07, 6.45) is 3.08. The maximum atomic E-state index is 12.8. The third kappa shape index (κ3) is 1.34. The predicted octanol–water partition coefficient (Wildman–Crippen LogP) is 2.84. The van der Waals surface area contributed by atoms with Crippen molar-refractivity contribution in [2.45, 2.75) is 50.5 Å². The molecule has 1 aromatic carbocycles. The van der Waals surface area contributed by atoms with Crippen LogP contribution in [0.1, 0.15) is 38.1 Å². The van der Waals surface area contributed by atoms with E-state index < -0.39 is 5.60 Å². The minimum atomic E-state index is -0.421. The van der Waals surface area contributed by atoms with Crippen LogP contribution in [0.25, 0.3) is 11.0 Å². The fourth-order valence-corrected chi connectivity index (χ4v) is 6.12. The first kappa shape index (κ1) is 13.4. The van der Waals surface area contributed by atoms with Crippen LogP contribution in [0.15, 0.2) is 24.3 Å². The number of ether oxygens (including phenoxy) is 2. The summed E-state index contributed by atoms with van der Waals surface area (Å²) >= 11 is 0. The van der Waals surface area contributed by atoms with Crippen LogP contribution in [0.2, 0.25) is 0 Å². The van der Waals surface area contributed by atoms with Crippen molar-refractivity contribution < 1.29 is 14.3 Å². The number of para-hydroxylation sites is 2. The van der Waals surface area contributed by atoms with Gasteiger partial charge in [0, 0.05) is 0 Å². The molecule has 5 nitrogen and oxygen atoms in total. The molecule has 2 aromatic rings. The van der Waals surface area contributed by atoms with Crippen LogP contribution in [0, 0.1) is 17.8 Å². The van der Waals surface area contributed by atoms with Crippen molar-refractivity contribution in [1.29, 1.82) is 0 Å². The molecule has 3 unspecified atom stereocenters. The molecule has 0 amide bonds. The fraction of sp³-hybridized carbons (Fsp3) is 0.579. The zero-order valence-electron chi connectivity index (χ0n) is 13.6. The first-order valence-electron chi connectivity index (χ1n) is 9.00. The highest BCUT2D eigenvalue weighted by atomic mass is 16.6. The summed E-state index contributed by atoms with van der Waals surface area (Å²) in [4.78, 5) is 17.7. The van der Waals surface area contributed by atoms with E-state index in [4.69, 9.17) is 14.5 Å². The van der Waals surface area contributed by atoms with Crippen LogP contribution in [0.5, 0.6) is 0 Å². The van der Waals surface area contributed by atoms with Crippen LogP contribution in [-0.2, 0) is 20.9 Å². The number of benzene rings is 1. The number of rotatable bonds is 0. The lowest BCUT2D eigenvalue weighted by Crippen LogP contribution is -2.54. The maximum absolute atomic E-state index is 12.8. The number of carbonyl (C=O) groups is 1. The van der Waals surface area contributed by atoms with E-state index in [1.165, 1.54) is 0 Å². The molecule has 6 atom stereocenters. The van der Waals surface area contributed by atoms with Gasteiger partial charge in [0.15, 0.2) is 0 Å². The number of carbonyl (C=O) groups excluding carboxylic acids is 1. The van der Waals surface area contributed by atoms with Crippen molar-refractivity contribution in [3.8, 4) is 0 Å². The zero-order valence-corrected chi connectivity index (χ0v) is 13.6. The Balaban J connectivity index is 1.65. The Morgan fingerprint density at radius 1 is 1.29 bits per heavy atom. The summed E-state index contributed by atoms with van der Waals surface area (Å²) in [6, 6.07) is 8.28. The van der Waals surface area contributed by atoms with Gasteiger partial charge < -0.3 is 14.0 Å². The SMILES string of the molecule is C[C@H]1CC2CC[C@H]3OC(=O)C4C1n1c(nc5ccccc51)CO[C@@]243. The van der Waals surface area contributed by atoms with Gasteiger partial charge >= 0.3 is 5.97 Å². The topological polar surface area (TPSA) is 53.4 Å². The Labute approximate surface area is 139 Å². The molecule has 0 N–H and O–H groups in total. The number of esters is 1. The van der Waals surface area contributed by atoms with Crippen LogP contribution in [-0.4, -0.2) is 27.2 Å². The van der Waals surface area contributed by atoms with E-state index in [1.807, 2.05) is 18.2 Å². The molecule has 3 fully saturated rings. The number of hydrogen-bond acceptors (Lipinski definition) is 4. The largest absolute Gasteiger partial charge is 0.459 e. The summed E-state index contributed by atoms with van der Waals surface area (Å²) < 4.78 is 14.6. The zero-order chi connectivity index (χ0) is 16.1. The highest BCUT2D eigenvalue weighted by Crippen LogP contribution is 2.62. The van der Waals surface area contributed by atoms with Gasteiger partial charge in [-0.2, -0.15) is 0 Å². The van der Waals surface area contributed by atoms with E-state index in [1.54, 1.807) is 0 Å². The van der Waals surface area contributed by atoms with E-state index in [-0.39, 0.29) is 24.0 Å². The molecular formula is C19H20N2O3. The number of fused-ring (bicyclic) bond motifs is 4. The number of hydrogen-bond donors (Lipinski definition) is 0. The monoisotopic (exact) mass is 324 g/mol. The smallest absolute Gasteiger partial charge is 0.314 e. The summed E-state index contributed by atoms with van der Waals surface area (Å²) in [5.41, 5.74) is 1.67. The fourth-order valence-electron chi connectivity index (χ4n) is 6.12. The van der Waals surface area contributed by atoms with Crippen molar-refractivity contribution in [2.24, 2.45) is 17.8 Å². The normalized spacial score (nSPS) is 42.5.